The fraction of sp³-hybridized carbons (Fsp3) is 0.360. The van der Waals surface area contributed by atoms with Gasteiger partial charge in [0.2, 0.25) is 0 Å². The van der Waals surface area contributed by atoms with Crippen molar-refractivity contribution in [2.45, 2.75) is 55.5 Å². The van der Waals surface area contributed by atoms with E-state index in [1.807, 2.05) is 30.3 Å². The summed E-state index contributed by atoms with van der Waals surface area (Å²) in [6, 6.07) is 16.1. The van der Waals surface area contributed by atoms with Crippen LogP contribution in [0.4, 0.5) is 5.69 Å². The van der Waals surface area contributed by atoms with E-state index in [1.165, 1.54) is 37.4 Å². The number of ether oxygens (including phenoxy) is 4. The van der Waals surface area contributed by atoms with E-state index in [0.29, 0.717) is 11.3 Å². The van der Waals surface area contributed by atoms with Crippen LogP contribution in [-0.4, -0.2) is 60.2 Å². The van der Waals surface area contributed by atoms with Crippen LogP contribution in [0.3, 0.4) is 0 Å². The van der Waals surface area contributed by atoms with Crippen molar-refractivity contribution in [3.8, 4) is 0 Å². The highest BCUT2D eigenvalue weighted by molar-refractivity contribution is 8.00. The second-order valence-corrected chi connectivity index (χ2v) is 9.33. The van der Waals surface area contributed by atoms with E-state index in [0.717, 1.165) is 4.90 Å². The number of anilines is 1. The summed E-state index contributed by atoms with van der Waals surface area (Å²) in [6.45, 7) is 3.47. The van der Waals surface area contributed by atoms with Crippen LogP contribution in [-0.2, 0) is 33.3 Å². The number of nitrogens with zero attached hydrogens (tertiary/aromatic N) is 1. The zero-order chi connectivity index (χ0) is 25.1. The highest BCUT2D eigenvalue weighted by atomic mass is 32.2. The number of para-hydroxylation sites is 1. The van der Waals surface area contributed by atoms with Gasteiger partial charge in [-0.2, -0.15) is 0 Å². The van der Waals surface area contributed by atoms with Gasteiger partial charge in [-0.15, -0.1) is 11.8 Å². The van der Waals surface area contributed by atoms with E-state index in [2.05, 4.69) is 0 Å². The van der Waals surface area contributed by atoms with Crippen LogP contribution in [0.1, 0.15) is 31.1 Å². The Morgan fingerprint density at radius 2 is 1.49 bits per heavy atom. The molecule has 2 aliphatic rings. The number of thioether (sulfide) groups is 1. The van der Waals surface area contributed by atoms with Gasteiger partial charge in [-0.05, 0) is 24.3 Å². The van der Waals surface area contributed by atoms with Gasteiger partial charge in [-0.25, -0.2) is 0 Å². The lowest BCUT2D eigenvalue weighted by molar-refractivity contribution is -0.211. The second kappa shape index (κ2) is 10.5. The molecule has 1 fully saturated rings. The molecule has 35 heavy (non-hydrogen) atoms. The third kappa shape index (κ3) is 5.33. The van der Waals surface area contributed by atoms with Crippen LogP contribution in [0.15, 0.2) is 59.5 Å². The summed E-state index contributed by atoms with van der Waals surface area (Å²) >= 11 is 1.37. The van der Waals surface area contributed by atoms with E-state index in [4.69, 9.17) is 18.9 Å². The zero-order valence-corrected chi connectivity index (χ0v) is 20.2. The number of amides is 1. The summed E-state index contributed by atoms with van der Waals surface area (Å²) < 4.78 is 22.7. The lowest BCUT2D eigenvalue weighted by atomic mass is 9.98. The van der Waals surface area contributed by atoms with E-state index in [-0.39, 0.29) is 12.5 Å². The Bertz CT molecular complexity index is 1120. The highest BCUT2D eigenvalue weighted by Crippen LogP contribution is 2.48. The molecule has 9 nitrogen and oxygen atoms in total. The predicted molar refractivity (Wildman–Crippen MR) is 126 cm³/mol. The Kier molecular flexibility index (Phi) is 7.42. The van der Waals surface area contributed by atoms with Gasteiger partial charge in [0.1, 0.15) is 12.7 Å². The standard InChI is InChI=1S/C25H25NO8S/c1-14(27)31-13-19-21(32-15(2)28)22(33-16(3)29)23-25(34-19)26(18-11-7-8-12-20(18)35-23)24(30)17-9-5-4-6-10-17/h4-12,19,21-23,25H,13H2,1-3H3/t19-,21-,22+,23+,25-/m1/s1. The van der Waals surface area contributed by atoms with E-state index >= 15 is 0 Å². The molecule has 1 amide bonds. The number of hydrogen-bond acceptors (Lipinski definition) is 9. The SMILES string of the molecule is CC(=O)OC[C@H]1O[C@@H]2[C@@H](Sc3ccccc3N2C(=O)c2ccccc2)[C@@H](OC(C)=O)[C@@H]1OC(C)=O. The third-order valence-corrected chi connectivity index (χ3v) is 6.92. The predicted octanol–water partition coefficient (Wildman–Crippen LogP) is 2.96. The van der Waals surface area contributed by atoms with E-state index < -0.39 is 47.7 Å². The first-order valence-electron chi connectivity index (χ1n) is 11.0. The van der Waals surface area contributed by atoms with E-state index in [1.54, 1.807) is 24.3 Å². The van der Waals surface area contributed by atoms with Crippen molar-refractivity contribution in [2.24, 2.45) is 0 Å². The Balaban J connectivity index is 1.81. The number of fused-ring (bicyclic) bond motifs is 2. The first-order valence-corrected chi connectivity index (χ1v) is 11.9. The highest BCUT2D eigenvalue weighted by Gasteiger charge is 2.55. The van der Waals surface area contributed by atoms with Gasteiger partial charge >= 0.3 is 17.9 Å². The Labute approximate surface area is 206 Å². The molecule has 10 heteroatoms. The molecule has 2 aromatic carbocycles. The van der Waals surface area contributed by atoms with Gasteiger partial charge in [0.05, 0.1) is 10.9 Å². The minimum atomic E-state index is -1.05. The minimum Gasteiger partial charge on any atom is -0.463 e. The van der Waals surface area contributed by atoms with Crippen molar-refractivity contribution in [3.05, 3.63) is 60.2 Å². The molecule has 1 saturated heterocycles. The van der Waals surface area contributed by atoms with Gasteiger partial charge in [0.15, 0.2) is 18.4 Å². The van der Waals surface area contributed by atoms with Crippen molar-refractivity contribution in [1.29, 1.82) is 0 Å². The molecule has 0 aromatic heterocycles. The van der Waals surface area contributed by atoms with Gasteiger partial charge in [-0.1, -0.05) is 30.3 Å². The molecule has 0 radical (unpaired) electrons. The molecule has 0 saturated carbocycles. The largest absolute Gasteiger partial charge is 0.463 e. The second-order valence-electron chi connectivity index (χ2n) is 8.11. The molecule has 0 aliphatic carbocycles. The lowest BCUT2D eigenvalue weighted by Crippen LogP contribution is -2.66. The number of carbonyl (C=O) groups excluding carboxylic acids is 4. The normalized spacial score (nSPS) is 25.0. The summed E-state index contributed by atoms with van der Waals surface area (Å²) in [5.74, 6) is -2.06. The first-order chi connectivity index (χ1) is 16.8. The molecule has 2 aromatic rings. The average Bonchev–Trinajstić information content (AvgIpc) is 2.82. The number of benzene rings is 2. The molecule has 5 atom stereocenters. The topological polar surface area (TPSA) is 108 Å². The average molecular weight is 500 g/mol. The Morgan fingerprint density at radius 3 is 2.14 bits per heavy atom. The maximum atomic E-state index is 13.7. The maximum Gasteiger partial charge on any atom is 0.303 e. The summed E-state index contributed by atoms with van der Waals surface area (Å²) in [4.78, 5) is 51.6. The summed E-state index contributed by atoms with van der Waals surface area (Å²) in [5, 5.41) is -0.626. The van der Waals surface area contributed by atoms with Gasteiger partial charge in [-0.3, -0.25) is 24.1 Å². The van der Waals surface area contributed by atoms with Crippen LogP contribution in [0.2, 0.25) is 0 Å². The van der Waals surface area contributed by atoms with Crippen LogP contribution < -0.4 is 4.90 Å². The molecule has 0 N–H and O–H groups in total. The van der Waals surface area contributed by atoms with Crippen molar-refractivity contribution >= 4 is 41.3 Å². The van der Waals surface area contributed by atoms with Gasteiger partial charge in [0, 0.05) is 31.2 Å². The molecule has 0 unspecified atom stereocenters. The molecule has 4 rings (SSSR count). The fourth-order valence-corrected chi connectivity index (χ4v) is 5.59. The zero-order valence-electron chi connectivity index (χ0n) is 19.4. The molecular formula is C25H25NO8S. The Morgan fingerprint density at radius 1 is 0.857 bits per heavy atom. The lowest BCUT2D eigenvalue weighted by Gasteiger charge is -2.50. The fourth-order valence-electron chi connectivity index (χ4n) is 4.21. The van der Waals surface area contributed by atoms with Crippen molar-refractivity contribution < 1.29 is 38.1 Å². The monoisotopic (exact) mass is 499 g/mol. The quantitative estimate of drug-likeness (QED) is 0.453. The number of rotatable bonds is 5. The molecule has 2 aliphatic heterocycles. The van der Waals surface area contributed by atoms with Crippen LogP contribution >= 0.6 is 11.8 Å². The minimum absolute atomic E-state index is 0.256. The van der Waals surface area contributed by atoms with Gasteiger partial charge in [0.25, 0.3) is 5.91 Å². The third-order valence-electron chi connectivity index (χ3n) is 5.55. The summed E-state index contributed by atoms with van der Waals surface area (Å²) in [7, 11) is 0. The van der Waals surface area contributed by atoms with Gasteiger partial charge < -0.3 is 18.9 Å². The number of esters is 3. The van der Waals surface area contributed by atoms with Crippen LogP contribution in [0, 0.1) is 0 Å². The van der Waals surface area contributed by atoms with Crippen molar-refractivity contribution in [2.75, 3.05) is 11.5 Å². The van der Waals surface area contributed by atoms with E-state index in [9.17, 15) is 19.2 Å². The van der Waals surface area contributed by atoms with Crippen LogP contribution in [0.5, 0.6) is 0 Å². The Hall–Kier alpha value is -3.37. The molecule has 0 spiro atoms. The summed E-state index contributed by atoms with van der Waals surface area (Å²) in [6.07, 6.45) is -3.91. The van der Waals surface area contributed by atoms with Crippen LogP contribution in [0.25, 0.3) is 0 Å². The number of carbonyl (C=O) groups is 4. The molecular weight excluding hydrogens is 474 g/mol. The van der Waals surface area contributed by atoms with Crippen molar-refractivity contribution in [3.63, 3.8) is 0 Å². The molecule has 184 valence electrons. The molecule has 0 bridgehead atoms. The number of hydrogen-bond donors (Lipinski definition) is 0. The maximum absolute atomic E-state index is 13.7. The summed E-state index contributed by atoms with van der Waals surface area (Å²) in [5.41, 5.74) is 1.07. The smallest absolute Gasteiger partial charge is 0.303 e. The molecule has 2 heterocycles. The first kappa shape index (κ1) is 24.7. The van der Waals surface area contributed by atoms with Crippen molar-refractivity contribution in [1.82, 2.24) is 0 Å².